The van der Waals surface area contributed by atoms with Gasteiger partial charge in [-0.15, -0.1) is 0 Å². The zero-order valence-electron chi connectivity index (χ0n) is 14.8. The molecule has 7 heteroatoms. The monoisotopic (exact) mass is 353 g/mol. The molecule has 1 aromatic carbocycles. The van der Waals surface area contributed by atoms with Crippen molar-refractivity contribution < 1.29 is 14.3 Å². The number of aromatic nitrogens is 1. The van der Waals surface area contributed by atoms with Crippen LogP contribution >= 0.6 is 0 Å². The number of anilines is 1. The number of carbonyl (C=O) groups excluding carboxylic acids is 2. The first-order valence-electron chi connectivity index (χ1n) is 8.06. The molecule has 0 aliphatic heterocycles. The Labute approximate surface area is 150 Å². The number of carbonyl (C=O) groups is 2. The molecule has 0 saturated heterocycles. The number of amides is 1. The minimum Gasteiger partial charge on any atom is -0.462 e. The largest absolute Gasteiger partial charge is 0.462 e. The van der Waals surface area contributed by atoms with Gasteiger partial charge in [-0.2, -0.15) is 5.26 Å². The highest BCUT2D eigenvalue weighted by atomic mass is 16.5. The molecule has 1 aromatic heterocycles. The number of benzene rings is 1. The van der Waals surface area contributed by atoms with Crippen LogP contribution in [0.15, 0.2) is 35.1 Å². The SMILES string of the molecule is CCOC(=O)c1ccccc1NC(=O)Cn1c(C)cc(C)c(C#N)c1=O. The second-order valence-corrected chi connectivity index (χ2v) is 5.66. The fourth-order valence-electron chi connectivity index (χ4n) is 2.57. The minimum absolute atomic E-state index is 0.00956. The molecule has 0 atom stereocenters. The van der Waals surface area contributed by atoms with Crippen LogP contribution in [-0.2, 0) is 16.1 Å². The average Bonchev–Trinajstić information content (AvgIpc) is 2.59. The van der Waals surface area contributed by atoms with Crippen molar-refractivity contribution in [1.82, 2.24) is 4.57 Å². The van der Waals surface area contributed by atoms with Gasteiger partial charge < -0.3 is 14.6 Å². The van der Waals surface area contributed by atoms with E-state index >= 15 is 0 Å². The lowest BCUT2D eigenvalue weighted by Crippen LogP contribution is -2.31. The number of esters is 1. The van der Waals surface area contributed by atoms with Crippen LogP contribution in [0, 0.1) is 25.2 Å². The lowest BCUT2D eigenvalue weighted by molar-refractivity contribution is -0.116. The number of para-hydroxylation sites is 1. The maximum absolute atomic E-state index is 12.4. The molecule has 7 nitrogen and oxygen atoms in total. The van der Waals surface area contributed by atoms with E-state index in [4.69, 9.17) is 10.00 Å². The Hall–Kier alpha value is -3.40. The molecule has 0 spiro atoms. The van der Waals surface area contributed by atoms with Crippen LogP contribution in [0.4, 0.5) is 5.69 Å². The van der Waals surface area contributed by atoms with Crippen LogP contribution in [0.1, 0.15) is 34.1 Å². The molecule has 0 unspecified atom stereocenters. The number of aryl methyl sites for hydroxylation is 2. The summed E-state index contributed by atoms with van der Waals surface area (Å²) in [7, 11) is 0. The van der Waals surface area contributed by atoms with Gasteiger partial charge in [0.15, 0.2) is 0 Å². The van der Waals surface area contributed by atoms with Gasteiger partial charge in [0, 0.05) is 5.69 Å². The Morgan fingerprint density at radius 2 is 1.96 bits per heavy atom. The zero-order valence-corrected chi connectivity index (χ0v) is 14.8. The Balaban J connectivity index is 2.28. The molecule has 0 aliphatic rings. The van der Waals surface area contributed by atoms with Crippen molar-refractivity contribution in [2.24, 2.45) is 0 Å². The normalized spacial score (nSPS) is 10.1. The van der Waals surface area contributed by atoms with Gasteiger partial charge in [0.05, 0.1) is 17.9 Å². The van der Waals surface area contributed by atoms with Crippen LogP contribution in [0.3, 0.4) is 0 Å². The Kier molecular flexibility index (Phi) is 5.91. The number of ether oxygens (including phenoxy) is 1. The molecule has 0 fully saturated rings. The van der Waals surface area contributed by atoms with Crippen molar-refractivity contribution >= 4 is 17.6 Å². The van der Waals surface area contributed by atoms with Crippen LogP contribution in [-0.4, -0.2) is 23.1 Å². The summed E-state index contributed by atoms with van der Waals surface area (Å²) in [4.78, 5) is 36.7. The van der Waals surface area contributed by atoms with E-state index < -0.39 is 17.4 Å². The molecule has 2 aromatic rings. The topological polar surface area (TPSA) is 101 Å². The number of hydrogen-bond acceptors (Lipinski definition) is 5. The number of pyridine rings is 1. The molecule has 0 aliphatic carbocycles. The zero-order chi connectivity index (χ0) is 19.3. The fourth-order valence-corrected chi connectivity index (χ4v) is 2.57. The van der Waals surface area contributed by atoms with E-state index in [2.05, 4.69) is 5.32 Å². The minimum atomic E-state index is -0.543. The third kappa shape index (κ3) is 3.98. The molecule has 1 N–H and O–H groups in total. The molecule has 134 valence electrons. The number of rotatable bonds is 5. The average molecular weight is 353 g/mol. The highest BCUT2D eigenvalue weighted by Gasteiger charge is 2.16. The predicted molar refractivity (Wildman–Crippen MR) is 95.9 cm³/mol. The van der Waals surface area contributed by atoms with Gasteiger partial charge in [-0.25, -0.2) is 4.79 Å². The first kappa shape index (κ1) is 18.9. The van der Waals surface area contributed by atoms with Crippen molar-refractivity contribution in [2.45, 2.75) is 27.3 Å². The van der Waals surface area contributed by atoms with Gasteiger partial charge in [0.1, 0.15) is 18.2 Å². The van der Waals surface area contributed by atoms with Crippen LogP contribution in [0.5, 0.6) is 0 Å². The molecule has 0 bridgehead atoms. The lowest BCUT2D eigenvalue weighted by atomic mass is 10.1. The van der Waals surface area contributed by atoms with Gasteiger partial charge >= 0.3 is 5.97 Å². The van der Waals surface area contributed by atoms with Gasteiger partial charge in [0.2, 0.25) is 5.91 Å². The molecular formula is C19H19N3O4. The standard InChI is InChI=1S/C19H19N3O4/c1-4-26-19(25)14-7-5-6-8-16(14)21-17(23)11-22-13(3)9-12(2)15(10-20)18(22)24/h5-9H,4,11H2,1-3H3,(H,21,23). The van der Waals surface area contributed by atoms with Crippen molar-refractivity contribution in [3.8, 4) is 6.07 Å². The fraction of sp³-hybridized carbons (Fsp3) is 0.263. The van der Waals surface area contributed by atoms with Crippen molar-refractivity contribution in [1.29, 1.82) is 5.26 Å². The van der Waals surface area contributed by atoms with Gasteiger partial charge in [-0.1, -0.05) is 12.1 Å². The Morgan fingerprint density at radius 3 is 2.62 bits per heavy atom. The van der Waals surface area contributed by atoms with Crippen LogP contribution in [0.2, 0.25) is 0 Å². The van der Waals surface area contributed by atoms with E-state index in [0.29, 0.717) is 16.9 Å². The maximum atomic E-state index is 12.4. The third-order valence-corrected chi connectivity index (χ3v) is 3.81. The summed E-state index contributed by atoms with van der Waals surface area (Å²) in [5.41, 5.74) is 1.16. The number of nitriles is 1. The van der Waals surface area contributed by atoms with E-state index in [1.807, 2.05) is 6.07 Å². The first-order valence-corrected chi connectivity index (χ1v) is 8.06. The van der Waals surface area contributed by atoms with Crippen LogP contribution in [0.25, 0.3) is 0 Å². The maximum Gasteiger partial charge on any atom is 0.340 e. The lowest BCUT2D eigenvalue weighted by Gasteiger charge is -2.13. The highest BCUT2D eigenvalue weighted by Crippen LogP contribution is 2.16. The second kappa shape index (κ2) is 8.12. The van der Waals surface area contributed by atoms with E-state index in [1.54, 1.807) is 51.1 Å². The number of nitrogens with one attached hydrogen (secondary N) is 1. The summed E-state index contributed by atoms with van der Waals surface area (Å²) in [6, 6.07) is 10.0. The molecule has 0 saturated carbocycles. The summed E-state index contributed by atoms with van der Waals surface area (Å²) in [6.07, 6.45) is 0. The van der Waals surface area contributed by atoms with Crippen molar-refractivity contribution in [3.05, 3.63) is 63.1 Å². The van der Waals surface area contributed by atoms with Crippen LogP contribution < -0.4 is 10.9 Å². The van der Waals surface area contributed by atoms with E-state index in [1.165, 1.54) is 4.57 Å². The highest BCUT2D eigenvalue weighted by molar-refractivity contribution is 6.01. The summed E-state index contributed by atoms with van der Waals surface area (Å²) in [5.74, 6) is -1.03. The van der Waals surface area contributed by atoms with Gasteiger partial charge in [-0.05, 0) is 44.5 Å². The molecule has 0 radical (unpaired) electrons. The molecule has 2 rings (SSSR count). The number of hydrogen-bond donors (Lipinski definition) is 1. The summed E-state index contributed by atoms with van der Waals surface area (Å²) >= 11 is 0. The summed E-state index contributed by atoms with van der Waals surface area (Å²) in [6.45, 7) is 5.01. The second-order valence-electron chi connectivity index (χ2n) is 5.66. The molecular weight excluding hydrogens is 334 g/mol. The Morgan fingerprint density at radius 1 is 1.27 bits per heavy atom. The Bertz CT molecular complexity index is 954. The predicted octanol–water partition coefficient (Wildman–Crippen LogP) is 2.15. The van der Waals surface area contributed by atoms with E-state index in [0.717, 1.165) is 0 Å². The smallest absolute Gasteiger partial charge is 0.340 e. The molecule has 1 heterocycles. The summed E-state index contributed by atoms with van der Waals surface area (Å²) < 4.78 is 6.20. The van der Waals surface area contributed by atoms with Crippen molar-refractivity contribution in [3.63, 3.8) is 0 Å². The summed E-state index contributed by atoms with van der Waals surface area (Å²) in [5, 5.41) is 11.7. The van der Waals surface area contributed by atoms with E-state index in [9.17, 15) is 14.4 Å². The van der Waals surface area contributed by atoms with Gasteiger partial charge in [0.25, 0.3) is 5.56 Å². The first-order chi connectivity index (χ1) is 12.4. The number of nitrogens with zero attached hydrogens (tertiary/aromatic N) is 2. The third-order valence-electron chi connectivity index (χ3n) is 3.81. The van der Waals surface area contributed by atoms with Crippen molar-refractivity contribution in [2.75, 3.05) is 11.9 Å². The molecule has 1 amide bonds. The molecule has 26 heavy (non-hydrogen) atoms. The quantitative estimate of drug-likeness (QED) is 0.830. The van der Waals surface area contributed by atoms with Gasteiger partial charge in [-0.3, -0.25) is 9.59 Å². The van der Waals surface area contributed by atoms with E-state index in [-0.39, 0.29) is 24.3 Å².